The van der Waals surface area contributed by atoms with E-state index in [0.29, 0.717) is 29.4 Å². The summed E-state index contributed by atoms with van der Waals surface area (Å²) in [7, 11) is 0. The second kappa shape index (κ2) is 10.2. The lowest BCUT2D eigenvalue weighted by Crippen LogP contribution is -2.40. The fraction of sp³-hybridized carbons (Fsp3) is 0.560. The smallest absolute Gasteiger partial charge is 0.232 e. The number of fused-ring (bicyclic) bond motifs is 1. The summed E-state index contributed by atoms with van der Waals surface area (Å²) in [5.41, 5.74) is 1.06. The number of anilines is 3. The molecule has 34 heavy (non-hydrogen) atoms. The quantitative estimate of drug-likeness (QED) is 0.611. The maximum Gasteiger partial charge on any atom is 0.232 e. The molecule has 3 aliphatic rings. The van der Waals surface area contributed by atoms with E-state index < -0.39 is 0 Å². The molecule has 0 saturated carbocycles. The van der Waals surface area contributed by atoms with Crippen molar-refractivity contribution in [1.29, 1.82) is 0 Å². The van der Waals surface area contributed by atoms with Gasteiger partial charge in [0.1, 0.15) is 11.6 Å². The van der Waals surface area contributed by atoms with Crippen molar-refractivity contribution in [2.24, 2.45) is 11.8 Å². The minimum Gasteiger partial charge on any atom is -0.454 e. The average molecular weight is 483 g/mol. The van der Waals surface area contributed by atoms with Crippen molar-refractivity contribution >= 4 is 34.9 Å². The molecule has 3 aliphatic heterocycles. The summed E-state index contributed by atoms with van der Waals surface area (Å²) in [6, 6.07) is 8.06. The van der Waals surface area contributed by atoms with Crippen LogP contribution in [0.5, 0.6) is 11.5 Å². The highest BCUT2D eigenvalue weighted by molar-refractivity contribution is 7.80. The molecule has 0 amide bonds. The maximum atomic E-state index is 5.59. The molecule has 1 aromatic heterocycles. The monoisotopic (exact) mass is 482 g/mol. The van der Waals surface area contributed by atoms with Gasteiger partial charge < -0.3 is 29.9 Å². The van der Waals surface area contributed by atoms with Crippen molar-refractivity contribution in [2.45, 2.75) is 46.1 Å². The Morgan fingerprint density at radius 3 is 2.44 bits per heavy atom. The van der Waals surface area contributed by atoms with Crippen LogP contribution in [0.2, 0.25) is 0 Å². The van der Waals surface area contributed by atoms with Gasteiger partial charge >= 0.3 is 0 Å². The number of aromatic nitrogens is 2. The van der Waals surface area contributed by atoms with Gasteiger partial charge in [-0.15, -0.1) is 0 Å². The van der Waals surface area contributed by atoms with E-state index in [1.807, 2.05) is 18.2 Å². The number of nitrogens with one attached hydrogen (secondary N) is 2. The number of thiocarbonyl (C=S) groups is 1. The van der Waals surface area contributed by atoms with Gasteiger partial charge in [0.25, 0.3) is 0 Å². The van der Waals surface area contributed by atoms with Crippen molar-refractivity contribution < 1.29 is 9.47 Å². The zero-order chi connectivity index (χ0) is 23.5. The van der Waals surface area contributed by atoms with E-state index in [9.17, 15) is 0 Å². The predicted octanol–water partition coefficient (Wildman–Crippen LogP) is 4.16. The summed E-state index contributed by atoms with van der Waals surface area (Å²) >= 11 is 5.59. The molecular weight excluding hydrogens is 448 g/mol. The summed E-state index contributed by atoms with van der Waals surface area (Å²) in [6.45, 7) is 9.61. The standard InChI is InChI=1S/C25H34N6O2S/c1-17-10-18(2)15-31(14-17)23-12-22(30-8-4-3-5-9-30)27-24(28-23)29-25(34)26-13-19-6-7-20-21(11-19)33-16-32-20/h6-7,11-12,17-18H,3-5,8-10,13-16H2,1-2H3,(H2,26,27,28,29,34)/t17-,18-/m1/s1. The second-order valence-corrected chi connectivity index (χ2v) is 10.2. The molecule has 1 aromatic carbocycles. The molecule has 2 fully saturated rings. The molecule has 0 unspecified atom stereocenters. The number of ether oxygens (including phenoxy) is 2. The van der Waals surface area contributed by atoms with Gasteiger partial charge in [0, 0.05) is 38.8 Å². The van der Waals surface area contributed by atoms with Gasteiger partial charge in [0.05, 0.1) is 0 Å². The Bertz CT molecular complexity index is 1020. The van der Waals surface area contributed by atoms with Gasteiger partial charge in [-0.1, -0.05) is 19.9 Å². The Morgan fingerprint density at radius 1 is 0.971 bits per heavy atom. The lowest BCUT2D eigenvalue weighted by Gasteiger charge is -2.36. The largest absolute Gasteiger partial charge is 0.454 e. The number of piperidine rings is 2. The topological polar surface area (TPSA) is 74.8 Å². The molecular formula is C25H34N6O2S. The molecule has 0 radical (unpaired) electrons. The molecule has 2 atom stereocenters. The molecule has 0 bridgehead atoms. The zero-order valence-corrected chi connectivity index (χ0v) is 20.9. The molecule has 9 heteroatoms. The number of hydrogen-bond acceptors (Lipinski definition) is 7. The van der Waals surface area contributed by atoms with E-state index in [-0.39, 0.29) is 6.79 Å². The summed E-state index contributed by atoms with van der Waals surface area (Å²) in [4.78, 5) is 14.5. The lowest BCUT2D eigenvalue weighted by atomic mass is 9.92. The first-order chi connectivity index (χ1) is 16.5. The summed E-state index contributed by atoms with van der Waals surface area (Å²) in [5, 5.41) is 7.00. The fourth-order valence-electron chi connectivity index (χ4n) is 5.15. The molecule has 2 aromatic rings. The third-order valence-corrected chi connectivity index (χ3v) is 6.93. The Balaban J connectivity index is 1.30. The molecule has 2 saturated heterocycles. The van der Waals surface area contributed by atoms with Crippen LogP contribution in [0.4, 0.5) is 17.6 Å². The van der Waals surface area contributed by atoms with Crippen molar-refractivity contribution in [2.75, 3.05) is 48.1 Å². The van der Waals surface area contributed by atoms with Crippen LogP contribution < -0.4 is 29.9 Å². The van der Waals surface area contributed by atoms with Crippen LogP contribution in [-0.2, 0) is 6.54 Å². The molecule has 0 spiro atoms. The van der Waals surface area contributed by atoms with E-state index in [1.54, 1.807) is 0 Å². The van der Waals surface area contributed by atoms with Gasteiger partial charge in [-0.05, 0) is 67.4 Å². The Hall–Kier alpha value is -2.81. The van der Waals surface area contributed by atoms with Crippen LogP contribution in [0, 0.1) is 11.8 Å². The van der Waals surface area contributed by atoms with E-state index in [0.717, 1.165) is 54.9 Å². The molecule has 5 rings (SSSR count). The Morgan fingerprint density at radius 2 is 1.68 bits per heavy atom. The third kappa shape index (κ3) is 5.46. The predicted molar refractivity (Wildman–Crippen MR) is 139 cm³/mol. The number of nitrogens with zero attached hydrogens (tertiary/aromatic N) is 4. The Labute approximate surface area is 207 Å². The van der Waals surface area contributed by atoms with Crippen LogP contribution in [0.1, 0.15) is 45.1 Å². The molecule has 182 valence electrons. The van der Waals surface area contributed by atoms with Crippen LogP contribution in [0.3, 0.4) is 0 Å². The van der Waals surface area contributed by atoms with Gasteiger partial charge in [-0.25, -0.2) is 0 Å². The molecule has 4 heterocycles. The van der Waals surface area contributed by atoms with Crippen LogP contribution in [-0.4, -0.2) is 48.1 Å². The molecule has 0 aliphatic carbocycles. The summed E-state index contributed by atoms with van der Waals surface area (Å²) in [6.07, 6.45) is 4.96. The van der Waals surface area contributed by atoms with Crippen molar-refractivity contribution in [3.63, 3.8) is 0 Å². The fourth-order valence-corrected chi connectivity index (χ4v) is 5.32. The minimum atomic E-state index is 0.272. The second-order valence-electron chi connectivity index (χ2n) is 9.80. The van der Waals surface area contributed by atoms with Crippen molar-refractivity contribution in [3.8, 4) is 11.5 Å². The Kier molecular flexibility index (Phi) is 6.89. The summed E-state index contributed by atoms with van der Waals surface area (Å²) in [5.74, 6) is 5.36. The first-order valence-corrected chi connectivity index (χ1v) is 12.8. The summed E-state index contributed by atoms with van der Waals surface area (Å²) < 4.78 is 10.9. The van der Waals surface area contributed by atoms with Gasteiger partial charge in [-0.3, -0.25) is 0 Å². The zero-order valence-electron chi connectivity index (χ0n) is 20.0. The average Bonchev–Trinajstić information content (AvgIpc) is 3.30. The van der Waals surface area contributed by atoms with Crippen molar-refractivity contribution in [1.82, 2.24) is 15.3 Å². The lowest BCUT2D eigenvalue weighted by molar-refractivity contribution is 0.174. The van der Waals surface area contributed by atoms with Crippen LogP contribution in [0.15, 0.2) is 24.3 Å². The normalized spacial score (nSPS) is 21.9. The number of rotatable bonds is 5. The van der Waals surface area contributed by atoms with E-state index in [4.69, 9.17) is 31.7 Å². The van der Waals surface area contributed by atoms with Gasteiger partial charge in [0.2, 0.25) is 12.7 Å². The maximum absolute atomic E-state index is 5.59. The van der Waals surface area contributed by atoms with Gasteiger partial charge in [-0.2, -0.15) is 9.97 Å². The van der Waals surface area contributed by atoms with E-state index in [2.05, 4.69) is 40.3 Å². The number of benzene rings is 1. The minimum absolute atomic E-state index is 0.272. The first-order valence-electron chi connectivity index (χ1n) is 12.4. The van der Waals surface area contributed by atoms with Gasteiger partial charge in [0.15, 0.2) is 16.6 Å². The third-order valence-electron chi connectivity index (χ3n) is 6.69. The highest BCUT2D eigenvalue weighted by atomic mass is 32.1. The number of hydrogen-bond donors (Lipinski definition) is 2. The van der Waals surface area contributed by atoms with E-state index >= 15 is 0 Å². The van der Waals surface area contributed by atoms with Crippen molar-refractivity contribution in [3.05, 3.63) is 29.8 Å². The van der Waals surface area contributed by atoms with Crippen LogP contribution >= 0.6 is 12.2 Å². The highest BCUT2D eigenvalue weighted by Crippen LogP contribution is 2.32. The van der Waals surface area contributed by atoms with E-state index in [1.165, 1.54) is 25.7 Å². The van der Waals surface area contributed by atoms with Crippen LogP contribution in [0.25, 0.3) is 0 Å². The first kappa shape index (κ1) is 23.0. The molecule has 2 N–H and O–H groups in total. The highest BCUT2D eigenvalue weighted by Gasteiger charge is 2.25. The molecule has 8 nitrogen and oxygen atoms in total. The SMILES string of the molecule is C[C@@H]1C[C@@H](C)CN(c2cc(N3CCCCC3)nc(NC(=S)NCc3ccc4c(c3)OCO4)n2)C1.